The summed E-state index contributed by atoms with van der Waals surface area (Å²) in [4.78, 5) is 10.4. The first-order chi connectivity index (χ1) is 9.24. The van der Waals surface area contributed by atoms with E-state index in [4.69, 9.17) is 4.74 Å². The molecule has 1 atom stereocenters. The fourth-order valence-corrected chi connectivity index (χ4v) is 2.19. The first kappa shape index (κ1) is 11.9. The Morgan fingerprint density at radius 2 is 1.84 bits per heavy atom. The Hall–Kier alpha value is -2.20. The summed E-state index contributed by atoms with van der Waals surface area (Å²) in [6.45, 7) is 0.831. The molecule has 96 valence electrons. The highest BCUT2D eigenvalue weighted by Gasteiger charge is 2.19. The van der Waals surface area contributed by atoms with Crippen LogP contribution in [0.2, 0.25) is 0 Å². The molecule has 3 rings (SSSR count). The summed E-state index contributed by atoms with van der Waals surface area (Å²) in [5.74, 6) is 0. The largest absolute Gasteiger partial charge is 0.373 e. The van der Waals surface area contributed by atoms with Crippen LogP contribution in [-0.4, -0.2) is 11.5 Å². The highest BCUT2D eigenvalue weighted by Crippen LogP contribution is 2.31. The Labute approximate surface area is 110 Å². The first-order valence-electron chi connectivity index (χ1n) is 6.20. The molecule has 4 nitrogen and oxygen atoms in total. The smallest absolute Gasteiger partial charge is 0.270 e. The third-order valence-corrected chi connectivity index (χ3v) is 3.37. The van der Waals surface area contributed by atoms with Gasteiger partial charge in [-0.2, -0.15) is 0 Å². The zero-order valence-electron chi connectivity index (χ0n) is 10.3. The quantitative estimate of drug-likeness (QED) is 0.620. The summed E-state index contributed by atoms with van der Waals surface area (Å²) in [5, 5.41) is 10.8. The second kappa shape index (κ2) is 4.82. The number of hydrogen-bond donors (Lipinski definition) is 0. The van der Waals surface area contributed by atoms with Crippen LogP contribution in [0.5, 0.6) is 0 Å². The third-order valence-electron chi connectivity index (χ3n) is 3.37. The maximum absolute atomic E-state index is 10.8. The monoisotopic (exact) mass is 255 g/mol. The van der Waals surface area contributed by atoms with Crippen LogP contribution >= 0.6 is 0 Å². The second-order valence-electron chi connectivity index (χ2n) is 4.58. The number of non-ortho nitro benzene ring substituents is 1. The molecule has 4 heteroatoms. The Morgan fingerprint density at radius 3 is 2.42 bits per heavy atom. The molecule has 0 bridgehead atoms. The SMILES string of the molecule is O=[N+]([O-])c1cccc(-c2ccc(C3CCO3)cc2)c1. The van der Waals surface area contributed by atoms with E-state index in [2.05, 4.69) is 0 Å². The van der Waals surface area contributed by atoms with Gasteiger partial charge in [0.2, 0.25) is 0 Å². The van der Waals surface area contributed by atoms with Crippen LogP contribution in [0.1, 0.15) is 18.1 Å². The molecule has 0 spiro atoms. The van der Waals surface area contributed by atoms with Crippen molar-refractivity contribution in [3.8, 4) is 11.1 Å². The molecule has 1 heterocycles. The lowest BCUT2D eigenvalue weighted by Gasteiger charge is -2.26. The lowest BCUT2D eigenvalue weighted by Crippen LogP contribution is -2.17. The van der Waals surface area contributed by atoms with E-state index in [-0.39, 0.29) is 16.7 Å². The van der Waals surface area contributed by atoms with Gasteiger partial charge in [0.15, 0.2) is 0 Å². The van der Waals surface area contributed by atoms with Gasteiger partial charge in [0.05, 0.1) is 17.6 Å². The number of nitro groups is 1. The summed E-state index contributed by atoms with van der Waals surface area (Å²) < 4.78 is 5.42. The zero-order valence-corrected chi connectivity index (χ0v) is 10.3. The molecule has 0 amide bonds. The zero-order chi connectivity index (χ0) is 13.2. The van der Waals surface area contributed by atoms with Crippen molar-refractivity contribution in [2.24, 2.45) is 0 Å². The van der Waals surface area contributed by atoms with E-state index in [0.717, 1.165) is 24.2 Å². The van der Waals surface area contributed by atoms with Crippen LogP contribution < -0.4 is 0 Å². The van der Waals surface area contributed by atoms with Crippen LogP contribution in [0.25, 0.3) is 11.1 Å². The van der Waals surface area contributed by atoms with Gasteiger partial charge in [0.25, 0.3) is 5.69 Å². The van der Waals surface area contributed by atoms with Crippen molar-refractivity contribution in [1.29, 1.82) is 0 Å². The summed E-state index contributed by atoms with van der Waals surface area (Å²) in [6.07, 6.45) is 1.29. The molecule has 1 saturated heterocycles. The summed E-state index contributed by atoms with van der Waals surface area (Å²) in [5.41, 5.74) is 3.12. The predicted molar refractivity (Wildman–Crippen MR) is 71.8 cm³/mol. The van der Waals surface area contributed by atoms with Gasteiger partial charge in [-0.3, -0.25) is 10.1 Å². The van der Waals surface area contributed by atoms with E-state index >= 15 is 0 Å². The fourth-order valence-electron chi connectivity index (χ4n) is 2.19. The van der Waals surface area contributed by atoms with Crippen molar-refractivity contribution in [2.75, 3.05) is 6.61 Å². The second-order valence-corrected chi connectivity index (χ2v) is 4.58. The minimum atomic E-state index is -0.375. The van der Waals surface area contributed by atoms with Gasteiger partial charge < -0.3 is 4.74 Å². The van der Waals surface area contributed by atoms with Crippen molar-refractivity contribution in [1.82, 2.24) is 0 Å². The average Bonchev–Trinajstić information content (AvgIpc) is 2.38. The predicted octanol–water partition coefficient (Wildman–Crippen LogP) is 3.72. The Kier molecular flexibility index (Phi) is 3.01. The van der Waals surface area contributed by atoms with Crippen molar-refractivity contribution in [3.05, 3.63) is 64.2 Å². The molecular weight excluding hydrogens is 242 g/mol. The first-order valence-corrected chi connectivity index (χ1v) is 6.20. The lowest BCUT2D eigenvalue weighted by atomic mass is 9.99. The lowest BCUT2D eigenvalue weighted by molar-refractivity contribution is -0.384. The number of hydrogen-bond acceptors (Lipinski definition) is 3. The Balaban J connectivity index is 1.89. The number of nitrogens with zero attached hydrogens (tertiary/aromatic N) is 1. The Morgan fingerprint density at radius 1 is 1.11 bits per heavy atom. The van der Waals surface area contributed by atoms with E-state index in [1.54, 1.807) is 12.1 Å². The van der Waals surface area contributed by atoms with Gasteiger partial charge >= 0.3 is 0 Å². The molecule has 0 aromatic heterocycles. The van der Waals surface area contributed by atoms with Gasteiger partial charge in [0, 0.05) is 18.6 Å². The molecule has 1 aliphatic heterocycles. The Bertz CT molecular complexity index is 603. The molecule has 1 unspecified atom stereocenters. The number of benzene rings is 2. The molecular formula is C15H13NO3. The minimum Gasteiger partial charge on any atom is -0.373 e. The van der Waals surface area contributed by atoms with Crippen molar-refractivity contribution in [3.63, 3.8) is 0 Å². The van der Waals surface area contributed by atoms with Gasteiger partial charge in [0.1, 0.15) is 0 Å². The summed E-state index contributed by atoms with van der Waals surface area (Å²) in [7, 11) is 0. The molecule has 0 N–H and O–H groups in total. The average molecular weight is 255 g/mol. The molecule has 0 saturated carbocycles. The van der Waals surface area contributed by atoms with Crippen LogP contribution in [0.4, 0.5) is 5.69 Å². The molecule has 2 aromatic rings. The van der Waals surface area contributed by atoms with Crippen LogP contribution in [0, 0.1) is 10.1 Å². The molecule has 0 radical (unpaired) electrons. The van der Waals surface area contributed by atoms with E-state index < -0.39 is 0 Å². The molecule has 0 aliphatic carbocycles. The number of rotatable bonds is 3. The van der Waals surface area contributed by atoms with E-state index in [9.17, 15) is 10.1 Å². The molecule has 1 aliphatic rings. The highest BCUT2D eigenvalue weighted by atomic mass is 16.6. The maximum atomic E-state index is 10.8. The van der Waals surface area contributed by atoms with Gasteiger partial charge in [-0.15, -0.1) is 0 Å². The van der Waals surface area contributed by atoms with Crippen molar-refractivity contribution in [2.45, 2.75) is 12.5 Å². The third kappa shape index (κ3) is 2.35. The van der Waals surface area contributed by atoms with E-state index in [1.165, 1.54) is 11.6 Å². The van der Waals surface area contributed by atoms with Crippen LogP contribution in [-0.2, 0) is 4.74 Å². The van der Waals surface area contributed by atoms with Crippen molar-refractivity contribution < 1.29 is 9.66 Å². The summed E-state index contributed by atoms with van der Waals surface area (Å²) in [6, 6.07) is 14.7. The van der Waals surface area contributed by atoms with Crippen LogP contribution in [0.3, 0.4) is 0 Å². The van der Waals surface area contributed by atoms with E-state index in [0.29, 0.717) is 0 Å². The minimum absolute atomic E-state index is 0.115. The molecule has 1 fully saturated rings. The van der Waals surface area contributed by atoms with Gasteiger partial charge in [-0.05, 0) is 16.7 Å². The normalized spacial score (nSPS) is 17.8. The molecule has 19 heavy (non-hydrogen) atoms. The van der Waals surface area contributed by atoms with Crippen molar-refractivity contribution >= 4 is 5.69 Å². The number of nitro benzene ring substituents is 1. The fraction of sp³-hybridized carbons (Fsp3) is 0.200. The topological polar surface area (TPSA) is 52.4 Å². The standard InChI is InChI=1S/C15H13NO3/c17-16(18)14-3-1-2-13(10-14)11-4-6-12(7-5-11)15-8-9-19-15/h1-7,10,15H,8-9H2. The van der Waals surface area contributed by atoms with Gasteiger partial charge in [-0.1, -0.05) is 36.4 Å². The summed E-state index contributed by atoms with van der Waals surface area (Å²) >= 11 is 0. The number of ether oxygens (including phenoxy) is 1. The molecule has 2 aromatic carbocycles. The highest BCUT2D eigenvalue weighted by molar-refractivity contribution is 5.66. The maximum Gasteiger partial charge on any atom is 0.270 e. The van der Waals surface area contributed by atoms with Crippen LogP contribution in [0.15, 0.2) is 48.5 Å². The van der Waals surface area contributed by atoms with Gasteiger partial charge in [-0.25, -0.2) is 0 Å². The van der Waals surface area contributed by atoms with E-state index in [1.807, 2.05) is 30.3 Å².